The summed E-state index contributed by atoms with van der Waals surface area (Å²) in [4.78, 5) is 24.8. The van der Waals surface area contributed by atoms with Gasteiger partial charge in [-0.15, -0.1) is 0 Å². The molecule has 1 heterocycles. The summed E-state index contributed by atoms with van der Waals surface area (Å²) in [5.74, 6) is 1.13. The molecule has 1 atom stereocenters. The summed E-state index contributed by atoms with van der Waals surface area (Å²) in [6, 6.07) is 24.9. The minimum Gasteiger partial charge on any atom is -0.356 e. The lowest BCUT2D eigenvalue weighted by atomic mass is 9.59. The van der Waals surface area contributed by atoms with Crippen LogP contribution in [0, 0.1) is 5.92 Å². The number of amides is 1. The lowest BCUT2D eigenvalue weighted by Crippen LogP contribution is -2.39. The number of para-hydroxylation sites is 1. The fraction of sp³-hybridized carbons (Fsp3) is 0.250. The van der Waals surface area contributed by atoms with Crippen molar-refractivity contribution in [3.8, 4) is 0 Å². The molecule has 7 rings (SSSR count). The van der Waals surface area contributed by atoms with Crippen LogP contribution in [-0.2, 0) is 11.3 Å². The van der Waals surface area contributed by atoms with Crippen molar-refractivity contribution in [2.45, 2.75) is 31.2 Å². The molecule has 33 heavy (non-hydrogen) atoms. The zero-order valence-electron chi connectivity index (χ0n) is 18.3. The molecular formula is C28H25N3O2. The lowest BCUT2D eigenvalue weighted by molar-refractivity contribution is -0.121. The van der Waals surface area contributed by atoms with Crippen molar-refractivity contribution >= 4 is 16.8 Å². The molecule has 3 aliphatic rings. The molecule has 3 aromatic carbocycles. The molecule has 0 radical (unpaired) electrons. The summed E-state index contributed by atoms with van der Waals surface area (Å²) in [5.41, 5.74) is 6.38. The van der Waals surface area contributed by atoms with Crippen LogP contribution in [0.2, 0.25) is 0 Å². The Morgan fingerprint density at radius 2 is 1.55 bits per heavy atom. The molecule has 1 N–H and O–H groups in total. The first-order valence-electron chi connectivity index (χ1n) is 11.6. The zero-order valence-corrected chi connectivity index (χ0v) is 18.3. The predicted molar refractivity (Wildman–Crippen MR) is 128 cm³/mol. The number of nitrogens with zero attached hydrogens (tertiary/aromatic N) is 2. The Balaban J connectivity index is 1.17. The molecule has 4 aromatic rings. The molecule has 3 aliphatic carbocycles. The van der Waals surface area contributed by atoms with Crippen LogP contribution in [-0.4, -0.2) is 22.2 Å². The van der Waals surface area contributed by atoms with Crippen molar-refractivity contribution in [1.82, 2.24) is 15.1 Å². The first kappa shape index (κ1) is 19.9. The number of rotatable bonds is 5. The normalized spacial score (nSPS) is 20.3. The van der Waals surface area contributed by atoms with E-state index in [4.69, 9.17) is 0 Å². The Kier molecular flexibility index (Phi) is 4.83. The van der Waals surface area contributed by atoms with E-state index >= 15 is 0 Å². The highest BCUT2D eigenvalue weighted by molar-refractivity contribution is 5.79. The molecule has 5 nitrogen and oxygen atoms in total. The van der Waals surface area contributed by atoms with Crippen molar-refractivity contribution in [3.05, 3.63) is 111 Å². The fourth-order valence-corrected chi connectivity index (χ4v) is 5.84. The smallest absolute Gasteiger partial charge is 0.221 e. The maximum Gasteiger partial charge on any atom is 0.221 e. The van der Waals surface area contributed by atoms with Gasteiger partial charge in [-0.25, -0.2) is 0 Å². The molecule has 5 heteroatoms. The number of benzene rings is 3. The van der Waals surface area contributed by atoms with Crippen LogP contribution < -0.4 is 10.7 Å². The summed E-state index contributed by atoms with van der Waals surface area (Å²) in [6.07, 6.45) is 2.71. The van der Waals surface area contributed by atoms with Gasteiger partial charge < -0.3 is 5.32 Å². The maximum atomic E-state index is 12.7. The third-order valence-electron chi connectivity index (χ3n) is 7.30. The van der Waals surface area contributed by atoms with Gasteiger partial charge in [0.2, 0.25) is 11.3 Å². The van der Waals surface area contributed by atoms with Gasteiger partial charge in [-0.1, -0.05) is 60.7 Å². The number of carbonyl (C=O) groups excluding carboxylic acids is 1. The highest BCUT2D eigenvalue weighted by Crippen LogP contribution is 2.55. The van der Waals surface area contributed by atoms with E-state index in [1.807, 2.05) is 18.2 Å². The monoisotopic (exact) mass is 435 g/mol. The third-order valence-corrected chi connectivity index (χ3v) is 7.30. The van der Waals surface area contributed by atoms with Crippen molar-refractivity contribution in [2.75, 3.05) is 6.54 Å². The predicted octanol–water partition coefficient (Wildman–Crippen LogP) is 4.20. The van der Waals surface area contributed by atoms with E-state index in [9.17, 15) is 9.59 Å². The average Bonchev–Trinajstić information content (AvgIpc) is 2.87. The van der Waals surface area contributed by atoms with Crippen LogP contribution in [0.3, 0.4) is 0 Å². The number of hydrogen-bond donors (Lipinski definition) is 1. The number of aryl methyl sites for hydroxylation is 1. The van der Waals surface area contributed by atoms with Gasteiger partial charge in [0.25, 0.3) is 0 Å². The van der Waals surface area contributed by atoms with Gasteiger partial charge in [0.1, 0.15) is 0 Å². The molecule has 2 bridgehead atoms. The van der Waals surface area contributed by atoms with Crippen LogP contribution >= 0.6 is 0 Å². The lowest BCUT2D eigenvalue weighted by Gasteiger charge is -2.45. The van der Waals surface area contributed by atoms with E-state index in [1.54, 1.807) is 10.7 Å². The summed E-state index contributed by atoms with van der Waals surface area (Å²) >= 11 is 0. The fourth-order valence-electron chi connectivity index (χ4n) is 5.84. The van der Waals surface area contributed by atoms with Crippen LogP contribution in [0.25, 0.3) is 10.9 Å². The SMILES string of the molecule is O=C(CCn1ncc(=O)c2ccccc21)NC[C@H]1CC2c3ccccc3C1c1ccccc12. The Morgan fingerprint density at radius 3 is 2.27 bits per heavy atom. The second-order valence-corrected chi connectivity index (χ2v) is 9.09. The van der Waals surface area contributed by atoms with Gasteiger partial charge in [0, 0.05) is 30.2 Å². The van der Waals surface area contributed by atoms with Crippen molar-refractivity contribution in [3.63, 3.8) is 0 Å². The van der Waals surface area contributed by atoms with E-state index in [1.165, 1.54) is 28.5 Å². The number of aromatic nitrogens is 2. The Hall–Kier alpha value is -3.73. The Bertz CT molecular complexity index is 1380. The summed E-state index contributed by atoms with van der Waals surface area (Å²) < 4.78 is 1.74. The van der Waals surface area contributed by atoms with Crippen LogP contribution in [0.1, 0.15) is 46.9 Å². The van der Waals surface area contributed by atoms with Gasteiger partial charge in [0.15, 0.2) is 0 Å². The highest BCUT2D eigenvalue weighted by atomic mass is 16.1. The second kappa shape index (κ2) is 8.00. The molecule has 0 saturated carbocycles. The van der Waals surface area contributed by atoms with Crippen molar-refractivity contribution in [2.24, 2.45) is 5.92 Å². The summed E-state index contributed by atoms with van der Waals surface area (Å²) in [7, 11) is 0. The topological polar surface area (TPSA) is 64.0 Å². The minimum absolute atomic E-state index is 0.0163. The Morgan fingerprint density at radius 1 is 0.909 bits per heavy atom. The van der Waals surface area contributed by atoms with Gasteiger partial charge in [-0.2, -0.15) is 5.10 Å². The van der Waals surface area contributed by atoms with Gasteiger partial charge in [0.05, 0.1) is 18.3 Å². The van der Waals surface area contributed by atoms with Crippen LogP contribution in [0.15, 0.2) is 83.8 Å². The van der Waals surface area contributed by atoms with Crippen LogP contribution in [0.4, 0.5) is 0 Å². The molecule has 164 valence electrons. The van der Waals surface area contributed by atoms with Gasteiger partial charge in [-0.3, -0.25) is 14.3 Å². The molecule has 0 saturated heterocycles. The first-order chi connectivity index (χ1) is 16.2. The molecule has 0 aliphatic heterocycles. The third kappa shape index (κ3) is 3.35. The minimum atomic E-state index is -0.0979. The van der Waals surface area contributed by atoms with E-state index in [-0.39, 0.29) is 11.3 Å². The molecular weight excluding hydrogens is 410 g/mol. The Labute approximate surface area is 192 Å². The second-order valence-electron chi connectivity index (χ2n) is 9.09. The van der Waals surface area contributed by atoms with E-state index in [0.29, 0.717) is 42.7 Å². The van der Waals surface area contributed by atoms with Crippen LogP contribution in [0.5, 0.6) is 0 Å². The standard InChI is InChI=1S/C28H25N3O2/c32-26-17-30-31(25-12-6-5-11-23(25)26)14-13-27(33)29-16-18-15-24-19-7-1-3-9-21(19)28(18)22-10-4-2-8-20(22)24/h1-12,17-18,24,28H,13-16H2,(H,29,33)/t18-,24?,28?/m1/s1. The molecule has 0 fully saturated rings. The largest absolute Gasteiger partial charge is 0.356 e. The average molecular weight is 436 g/mol. The van der Waals surface area contributed by atoms with Gasteiger partial charge >= 0.3 is 0 Å². The quantitative estimate of drug-likeness (QED) is 0.511. The summed E-state index contributed by atoms with van der Waals surface area (Å²) in [5, 5.41) is 8.05. The molecule has 0 spiro atoms. The number of nitrogens with one attached hydrogen (secondary N) is 1. The molecule has 1 aromatic heterocycles. The molecule has 1 amide bonds. The number of fused-ring (bicyclic) bond motifs is 2. The maximum absolute atomic E-state index is 12.7. The number of hydrogen-bond acceptors (Lipinski definition) is 3. The zero-order chi connectivity index (χ0) is 22.4. The summed E-state index contributed by atoms with van der Waals surface area (Å²) in [6.45, 7) is 1.11. The van der Waals surface area contributed by atoms with Crippen molar-refractivity contribution in [1.29, 1.82) is 0 Å². The van der Waals surface area contributed by atoms with Crippen molar-refractivity contribution < 1.29 is 4.79 Å². The van der Waals surface area contributed by atoms with E-state index < -0.39 is 0 Å². The molecule has 0 unspecified atom stereocenters. The van der Waals surface area contributed by atoms with E-state index in [2.05, 4.69) is 58.9 Å². The first-order valence-corrected chi connectivity index (χ1v) is 11.6. The van der Waals surface area contributed by atoms with Gasteiger partial charge in [-0.05, 0) is 46.7 Å². The number of carbonyl (C=O) groups is 1. The van der Waals surface area contributed by atoms with E-state index in [0.717, 1.165) is 11.9 Å². The highest BCUT2D eigenvalue weighted by Gasteiger charge is 2.42.